The van der Waals surface area contributed by atoms with Gasteiger partial charge in [-0.3, -0.25) is 0 Å². The van der Waals surface area contributed by atoms with E-state index < -0.39 is 22.8 Å². The zero-order valence-electron chi connectivity index (χ0n) is 25.1. The summed E-state index contributed by atoms with van der Waals surface area (Å²) in [5, 5.41) is 0. The number of hydrogen-bond acceptors (Lipinski definition) is 0. The molecular weight excluding hydrogens is 631 g/mol. The van der Waals surface area contributed by atoms with E-state index in [1.165, 1.54) is 47.1 Å². The molecule has 42 heavy (non-hydrogen) atoms. The molecule has 1 atom stereocenters. The Bertz CT molecular complexity index is 1600. The first kappa shape index (κ1) is 32.6. The van der Waals surface area contributed by atoms with Crippen LogP contribution in [0.4, 0.5) is 0 Å². The van der Waals surface area contributed by atoms with Crippen molar-refractivity contribution in [2.24, 2.45) is 0 Å². The van der Waals surface area contributed by atoms with Crippen LogP contribution < -0.4 is 24.8 Å². The minimum absolute atomic E-state index is 0. The van der Waals surface area contributed by atoms with Gasteiger partial charge in [-0.1, -0.05) is 0 Å². The van der Waals surface area contributed by atoms with Crippen LogP contribution in [0.15, 0.2) is 97.1 Å². The first-order chi connectivity index (χ1) is 19.6. The molecular formula is C39H39Cl2Zr. The monoisotopic (exact) mass is 667 g/mol. The van der Waals surface area contributed by atoms with Crippen molar-refractivity contribution in [2.45, 2.75) is 63.4 Å². The van der Waals surface area contributed by atoms with Gasteiger partial charge in [0.15, 0.2) is 0 Å². The van der Waals surface area contributed by atoms with Crippen LogP contribution in [0.1, 0.15) is 86.8 Å². The SMILES string of the molecule is CCCc1c(C)c(C2=CC=CC2)c2c(c1CCC)-c1ccc(C)cc1[CH]2[Zr+2]=[C](c1ccccc1)c1ccccc1.[Cl-].[Cl-]. The van der Waals surface area contributed by atoms with E-state index in [4.69, 9.17) is 0 Å². The van der Waals surface area contributed by atoms with Crippen LogP contribution in [0.25, 0.3) is 16.7 Å². The first-order valence-electron chi connectivity index (χ1n) is 15.0. The van der Waals surface area contributed by atoms with Gasteiger partial charge in [0.2, 0.25) is 0 Å². The van der Waals surface area contributed by atoms with E-state index in [-0.39, 0.29) is 24.8 Å². The Morgan fingerprint density at radius 1 is 0.762 bits per heavy atom. The molecule has 1 unspecified atom stereocenters. The topological polar surface area (TPSA) is 0 Å². The molecule has 213 valence electrons. The van der Waals surface area contributed by atoms with E-state index in [9.17, 15) is 0 Å². The molecule has 0 bridgehead atoms. The number of aryl methyl sites for hydroxylation is 1. The van der Waals surface area contributed by atoms with Crippen LogP contribution in [0.2, 0.25) is 0 Å². The van der Waals surface area contributed by atoms with Crippen molar-refractivity contribution in [3.63, 3.8) is 0 Å². The molecule has 0 nitrogen and oxygen atoms in total. The summed E-state index contributed by atoms with van der Waals surface area (Å²) in [6, 6.07) is 29.8. The maximum atomic E-state index is 2.53. The zero-order valence-corrected chi connectivity index (χ0v) is 29.1. The van der Waals surface area contributed by atoms with Crippen molar-refractivity contribution in [2.75, 3.05) is 0 Å². The minimum atomic E-state index is -1.17. The Hall–Kier alpha value is -2.31. The fourth-order valence-corrected chi connectivity index (χ4v) is 11.3. The molecule has 0 fully saturated rings. The van der Waals surface area contributed by atoms with Gasteiger partial charge in [-0.25, -0.2) is 0 Å². The summed E-state index contributed by atoms with van der Waals surface area (Å²) < 4.78 is 2.09. The summed E-state index contributed by atoms with van der Waals surface area (Å²) in [4.78, 5) is 0. The molecule has 0 heterocycles. The average Bonchev–Trinajstić information content (AvgIpc) is 3.61. The number of rotatable bonds is 8. The molecule has 0 amide bonds. The molecule has 0 aliphatic heterocycles. The quantitative estimate of drug-likeness (QED) is 0.267. The third-order valence-corrected chi connectivity index (χ3v) is 12.9. The van der Waals surface area contributed by atoms with Gasteiger partial charge in [-0.15, -0.1) is 0 Å². The Balaban J connectivity index is 0.00000202. The van der Waals surface area contributed by atoms with Crippen molar-refractivity contribution in [3.05, 3.63) is 147 Å². The number of hydrogen-bond donors (Lipinski definition) is 0. The standard InChI is InChI=1S/C26H29.C13H10.2ClH.Zr/c1-5-9-21-18(4)25(19-11-7-8-12-19)24-16-20-15-17(3)13-14-22(20)26(24)23(21)10-6-2;1-3-7-12(8-4-1)11-13-9-5-2-6-10-13;;;/h7-8,11,13-16H,5-6,9-10,12H2,1-4H3;1-10H;2*1H;/q;;;;+2/p-2. The van der Waals surface area contributed by atoms with Crippen LogP contribution in [0, 0.1) is 13.8 Å². The van der Waals surface area contributed by atoms with E-state index in [2.05, 4.69) is 125 Å². The van der Waals surface area contributed by atoms with Gasteiger partial charge >= 0.3 is 253 Å². The molecule has 2 aliphatic rings. The predicted octanol–water partition coefficient (Wildman–Crippen LogP) is 3.98. The van der Waals surface area contributed by atoms with Gasteiger partial charge in [0, 0.05) is 0 Å². The van der Waals surface area contributed by atoms with E-state index in [1.54, 1.807) is 42.2 Å². The molecule has 0 saturated heterocycles. The Kier molecular flexibility index (Phi) is 11.2. The Morgan fingerprint density at radius 3 is 1.95 bits per heavy atom. The smallest absolute Gasteiger partial charge is 1.00 e. The molecule has 0 N–H and O–H groups in total. The van der Waals surface area contributed by atoms with Crippen LogP contribution >= 0.6 is 0 Å². The second kappa shape index (κ2) is 14.4. The van der Waals surface area contributed by atoms with Crippen LogP contribution in [-0.4, -0.2) is 3.21 Å². The molecule has 2 aliphatic carbocycles. The van der Waals surface area contributed by atoms with Crippen molar-refractivity contribution in [1.29, 1.82) is 0 Å². The molecule has 0 aromatic heterocycles. The van der Waals surface area contributed by atoms with Crippen LogP contribution in [-0.2, 0) is 35.6 Å². The molecule has 0 radical (unpaired) electrons. The maximum absolute atomic E-state index is 2.53. The van der Waals surface area contributed by atoms with Crippen molar-refractivity contribution >= 4 is 8.78 Å². The Morgan fingerprint density at radius 2 is 1.38 bits per heavy atom. The summed E-state index contributed by atoms with van der Waals surface area (Å²) in [5.74, 6) is 0. The van der Waals surface area contributed by atoms with Gasteiger partial charge in [-0.2, -0.15) is 0 Å². The third-order valence-electron chi connectivity index (χ3n) is 8.61. The second-order valence-corrected chi connectivity index (χ2v) is 14.7. The normalized spacial score (nSPS) is 14.3. The minimum Gasteiger partial charge on any atom is -1.00 e. The van der Waals surface area contributed by atoms with Crippen LogP contribution in [0.3, 0.4) is 0 Å². The largest absolute Gasteiger partial charge is 1.00 e. The Labute approximate surface area is 276 Å². The van der Waals surface area contributed by atoms with Gasteiger partial charge in [0.05, 0.1) is 0 Å². The first-order valence-corrected chi connectivity index (χ1v) is 17.7. The number of halogens is 2. The average molecular weight is 670 g/mol. The summed E-state index contributed by atoms with van der Waals surface area (Å²) in [6.07, 6.45) is 12.8. The van der Waals surface area contributed by atoms with Crippen molar-refractivity contribution in [3.8, 4) is 11.1 Å². The predicted molar refractivity (Wildman–Crippen MR) is 169 cm³/mol. The molecule has 6 rings (SSSR count). The van der Waals surface area contributed by atoms with E-state index in [1.807, 2.05) is 0 Å². The molecule has 0 spiro atoms. The van der Waals surface area contributed by atoms with Crippen molar-refractivity contribution < 1.29 is 47.6 Å². The fraction of sp³-hybridized carbons (Fsp3) is 0.256. The third kappa shape index (κ3) is 6.04. The summed E-state index contributed by atoms with van der Waals surface area (Å²) in [5.41, 5.74) is 18.4. The van der Waals surface area contributed by atoms with E-state index in [0.717, 1.165) is 12.8 Å². The summed E-state index contributed by atoms with van der Waals surface area (Å²) >= 11 is -1.17. The second-order valence-electron chi connectivity index (χ2n) is 11.3. The molecule has 0 saturated carbocycles. The van der Waals surface area contributed by atoms with E-state index >= 15 is 0 Å². The zero-order chi connectivity index (χ0) is 27.6. The number of allylic oxidation sites excluding steroid dienone is 4. The summed E-state index contributed by atoms with van der Waals surface area (Å²) in [7, 11) is 0. The van der Waals surface area contributed by atoms with E-state index in [0.29, 0.717) is 3.63 Å². The number of benzene rings is 4. The fourth-order valence-electron chi connectivity index (χ4n) is 6.92. The van der Waals surface area contributed by atoms with Crippen molar-refractivity contribution in [1.82, 2.24) is 0 Å². The van der Waals surface area contributed by atoms with Crippen LogP contribution in [0.5, 0.6) is 0 Å². The van der Waals surface area contributed by atoms with Gasteiger partial charge < -0.3 is 24.8 Å². The summed E-state index contributed by atoms with van der Waals surface area (Å²) in [6.45, 7) is 9.41. The maximum Gasteiger partial charge on any atom is -1.00 e. The molecule has 4 aromatic carbocycles. The van der Waals surface area contributed by atoms with Gasteiger partial charge in [-0.05, 0) is 0 Å². The molecule has 3 heteroatoms. The van der Waals surface area contributed by atoms with Gasteiger partial charge in [0.1, 0.15) is 0 Å². The molecule has 4 aromatic rings. The van der Waals surface area contributed by atoms with Gasteiger partial charge in [0.25, 0.3) is 0 Å². The number of fused-ring (bicyclic) bond motifs is 3.